The Balaban J connectivity index is 2.80. The molecule has 0 bridgehead atoms. The maximum Gasteiger partial charge on any atom is 0.434 e. The molecule has 0 radical (unpaired) electrons. The van der Waals surface area contributed by atoms with Crippen molar-refractivity contribution in [2.45, 2.75) is 53.1 Å². The number of aliphatic imine (C=N–C) groups is 1. The van der Waals surface area contributed by atoms with Crippen LogP contribution in [0.5, 0.6) is 0 Å². The van der Waals surface area contributed by atoms with E-state index in [0.717, 1.165) is 5.56 Å². The highest BCUT2D eigenvalue weighted by molar-refractivity contribution is 6.41. The third-order valence-corrected chi connectivity index (χ3v) is 3.13. The summed E-state index contributed by atoms with van der Waals surface area (Å²) >= 11 is 0. The second kappa shape index (κ2) is 8.39. The summed E-state index contributed by atoms with van der Waals surface area (Å²) < 4.78 is 5.15. The minimum Gasteiger partial charge on any atom is -0.442 e. The Bertz CT molecular complexity index is 677. The van der Waals surface area contributed by atoms with E-state index in [1.54, 1.807) is 39.0 Å². The van der Waals surface area contributed by atoms with Crippen molar-refractivity contribution in [3.63, 3.8) is 0 Å². The Labute approximate surface area is 143 Å². The van der Waals surface area contributed by atoms with Crippen molar-refractivity contribution in [2.75, 3.05) is 0 Å². The molecule has 128 valence electrons. The van der Waals surface area contributed by atoms with Crippen LogP contribution in [0.4, 0.5) is 4.79 Å². The van der Waals surface area contributed by atoms with Gasteiger partial charge >= 0.3 is 6.09 Å². The molecule has 0 saturated carbocycles. The summed E-state index contributed by atoms with van der Waals surface area (Å²) in [5.41, 5.74) is 1.04. The average Bonchev–Trinajstić information content (AvgIpc) is 2.48. The van der Waals surface area contributed by atoms with Crippen molar-refractivity contribution in [1.29, 1.82) is 5.26 Å². The Morgan fingerprint density at radius 3 is 2.50 bits per heavy atom. The van der Waals surface area contributed by atoms with Crippen LogP contribution >= 0.6 is 0 Å². The van der Waals surface area contributed by atoms with Crippen LogP contribution < -0.4 is 0 Å². The van der Waals surface area contributed by atoms with Crippen LogP contribution in [-0.4, -0.2) is 23.2 Å². The van der Waals surface area contributed by atoms with E-state index in [1.807, 2.05) is 19.9 Å². The van der Waals surface area contributed by atoms with Crippen LogP contribution in [0.3, 0.4) is 0 Å². The number of hydrogen-bond acceptors (Lipinski definition) is 4. The summed E-state index contributed by atoms with van der Waals surface area (Å²) in [6.07, 6.45) is -0.0191. The quantitative estimate of drug-likeness (QED) is 0.762. The van der Waals surface area contributed by atoms with Gasteiger partial charge in [0, 0.05) is 6.42 Å². The van der Waals surface area contributed by atoms with Gasteiger partial charge < -0.3 is 4.74 Å². The van der Waals surface area contributed by atoms with E-state index in [2.05, 4.69) is 11.1 Å². The van der Waals surface area contributed by atoms with Crippen molar-refractivity contribution < 1.29 is 14.3 Å². The number of ketones is 1. The van der Waals surface area contributed by atoms with Crippen LogP contribution in [0.25, 0.3) is 0 Å². The van der Waals surface area contributed by atoms with Crippen molar-refractivity contribution in [2.24, 2.45) is 10.9 Å². The van der Waals surface area contributed by atoms with Crippen LogP contribution in [-0.2, 0) is 16.0 Å². The SMILES string of the molecule is CC(C)C(=NC(=O)OC(C)(C)C)C(=O)CCc1cccc(C#N)c1. The van der Waals surface area contributed by atoms with Crippen molar-refractivity contribution in [3.05, 3.63) is 35.4 Å². The molecule has 0 heterocycles. The summed E-state index contributed by atoms with van der Waals surface area (Å²) in [7, 11) is 0. The van der Waals surface area contributed by atoms with Gasteiger partial charge in [0.15, 0.2) is 5.78 Å². The Hall–Kier alpha value is -2.48. The first-order valence-electron chi connectivity index (χ1n) is 7.96. The second-order valence-electron chi connectivity index (χ2n) is 6.87. The fraction of sp³-hybridized carbons (Fsp3) is 0.474. The Morgan fingerprint density at radius 1 is 1.29 bits per heavy atom. The Kier molecular flexibility index (Phi) is 6.84. The maximum absolute atomic E-state index is 12.4. The van der Waals surface area contributed by atoms with E-state index >= 15 is 0 Å². The lowest BCUT2D eigenvalue weighted by Gasteiger charge is -2.18. The van der Waals surface area contributed by atoms with Gasteiger partial charge in [0.2, 0.25) is 0 Å². The highest BCUT2D eigenvalue weighted by Crippen LogP contribution is 2.12. The predicted molar refractivity (Wildman–Crippen MR) is 93.0 cm³/mol. The van der Waals surface area contributed by atoms with Crippen LogP contribution in [0.1, 0.15) is 52.2 Å². The number of carbonyl (C=O) groups excluding carboxylic acids is 2. The van der Waals surface area contributed by atoms with E-state index in [-0.39, 0.29) is 23.8 Å². The summed E-state index contributed by atoms with van der Waals surface area (Å²) in [6, 6.07) is 9.21. The molecule has 1 aromatic carbocycles. The van der Waals surface area contributed by atoms with Gasteiger partial charge in [-0.2, -0.15) is 10.3 Å². The molecule has 0 N–H and O–H groups in total. The summed E-state index contributed by atoms with van der Waals surface area (Å²) in [5, 5.41) is 8.90. The number of nitrogens with zero attached hydrogens (tertiary/aromatic N) is 2. The predicted octanol–water partition coefficient (Wildman–Crippen LogP) is 4.09. The van der Waals surface area contributed by atoms with E-state index in [4.69, 9.17) is 10.00 Å². The second-order valence-corrected chi connectivity index (χ2v) is 6.87. The van der Waals surface area contributed by atoms with E-state index in [0.29, 0.717) is 12.0 Å². The highest BCUT2D eigenvalue weighted by atomic mass is 16.6. The number of benzene rings is 1. The molecule has 1 rings (SSSR count). The molecule has 0 aliphatic carbocycles. The lowest BCUT2D eigenvalue weighted by Crippen LogP contribution is -2.26. The van der Waals surface area contributed by atoms with Gasteiger partial charge in [0.05, 0.1) is 17.3 Å². The number of carbonyl (C=O) groups is 2. The molecule has 0 saturated heterocycles. The zero-order valence-corrected chi connectivity index (χ0v) is 14.9. The molecule has 5 nitrogen and oxygen atoms in total. The summed E-state index contributed by atoms with van der Waals surface area (Å²) in [4.78, 5) is 28.1. The number of Topliss-reactive ketones (excluding diaryl/α,β-unsaturated/α-hetero) is 1. The fourth-order valence-electron chi connectivity index (χ4n) is 2.08. The zero-order chi connectivity index (χ0) is 18.3. The number of hydrogen-bond donors (Lipinski definition) is 0. The monoisotopic (exact) mass is 328 g/mol. The Morgan fingerprint density at radius 2 is 1.96 bits per heavy atom. The molecule has 24 heavy (non-hydrogen) atoms. The average molecular weight is 328 g/mol. The van der Waals surface area contributed by atoms with E-state index in [1.165, 1.54) is 0 Å². The highest BCUT2D eigenvalue weighted by Gasteiger charge is 2.21. The third kappa shape index (κ3) is 6.74. The van der Waals surface area contributed by atoms with Crippen LogP contribution in [0.2, 0.25) is 0 Å². The van der Waals surface area contributed by atoms with Gasteiger partial charge in [-0.25, -0.2) is 4.79 Å². The van der Waals surface area contributed by atoms with Crippen molar-refractivity contribution >= 4 is 17.6 Å². The van der Waals surface area contributed by atoms with Crippen molar-refractivity contribution in [1.82, 2.24) is 0 Å². The number of ether oxygens (including phenoxy) is 1. The lowest BCUT2D eigenvalue weighted by atomic mass is 9.98. The number of rotatable bonds is 5. The normalized spacial score (nSPS) is 12.0. The van der Waals surface area contributed by atoms with E-state index < -0.39 is 11.7 Å². The zero-order valence-electron chi connectivity index (χ0n) is 14.9. The first kappa shape index (κ1) is 19.6. The summed E-state index contributed by atoms with van der Waals surface area (Å²) in [6.45, 7) is 8.88. The number of nitriles is 1. The minimum absolute atomic E-state index is 0.171. The van der Waals surface area contributed by atoms with Gasteiger partial charge in [-0.15, -0.1) is 0 Å². The lowest BCUT2D eigenvalue weighted by molar-refractivity contribution is -0.113. The molecule has 0 aromatic heterocycles. The smallest absolute Gasteiger partial charge is 0.434 e. The van der Waals surface area contributed by atoms with Crippen molar-refractivity contribution in [3.8, 4) is 6.07 Å². The third-order valence-electron chi connectivity index (χ3n) is 3.13. The minimum atomic E-state index is -0.744. The summed E-state index contributed by atoms with van der Waals surface area (Å²) in [5.74, 6) is -0.353. The topological polar surface area (TPSA) is 79.5 Å². The first-order chi connectivity index (χ1) is 11.1. The molecule has 0 fully saturated rings. The van der Waals surface area contributed by atoms with Gasteiger partial charge in [-0.1, -0.05) is 26.0 Å². The first-order valence-corrected chi connectivity index (χ1v) is 7.96. The van der Waals surface area contributed by atoms with Gasteiger partial charge in [-0.05, 0) is 50.8 Å². The van der Waals surface area contributed by atoms with Gasteiger partial charge in [0.25, 0.3) is 0 Å². The molecule has 0 aliphatic heterocycles. The van der Waals surface area contributed by atoms with Gasteiger partial charge in [0.1, 0.15) is 5.60 Å². The molecule has 0 unspecified atom stereocenters. The molecular formula is C19H24N2O3. The molecule has 0 spiro atoms. The number of amides is 1. The largest absolute Gasteiger partial charge is 0.442 e. The standard InChI is InChI=1S/C19H24N2O3/c1-13(2)17(21-18(23)24-19(3,4)5)16(22)10-9-14-7-6-8-15(11-14)12-20/h6-8,11,13H,9-10H2,1-5H3. The van der Waals surface area contributed by atoms with Crippen LogP contribution in [0, 0.1) is 17.2 Å². The molecule has 0 atom stereocenters. The maximum atomic E-state index is 12.4. The fourth-order valence-corrected chi connectivity index (χ4v) is 2.08. The molecule has 1 aromatic rings. The van der Waals surface area contributed by atoms with Gasteiger partial charge in [-0.3, -0.25) is 4.79 Å². The van der Waals surface area contributed by atoms with Crippen LogP contribution in [0.15, 0.2) is 29.3 Å². The molecule has 1 amide bonds. The number of aryl methyl sites for hydroxylation is 1. The molecule has 0 aliphatic rings. The molecule has 5 heteroatoms. The van der Waals surface area contributed by atoms with E-state index in [9.17, 15) is 9.59 Å². The molecular weight excluding hydrogens is 304 g/mol.